The number of nitrogens with two attached hydrogens (primary N) is 1. The summed E-state index contributed by atoms with van der Waals surface area (Å²) in [6, 6.07) is 16.2. The molecule has 2 aromatic rings. The van der Waals surface area contributed by atoms with Crippen LogP contribution in [0.4, 0.5) is 0 Å². The highest BCUT2D eigenvalue weighted by Gasteiger charge is 2.15. The van der Waals surface area contributed by atoms with Gasteiger partial charge in [0.25, 0.3) is 0 Å². The zero-order valence-corrected chi connectivity index (χ0v) is 10.4. The van der Waals surface area contributed by atoms with E-state index < -0.39 is 0 Å². The fourth-order valence-corrected chi connectivity index (χ4v) is 1.92. The number of para-hydroxylation sites is 1. The second kappa shape index (κ2) is 6.07. The minimum Gasteiger partial charge on any atom is -0.486 e. The van der Waals surface area contributed by atoms with Crippen molar-refractivity contribution >= 4 is 0 Å². The molecule has 0 unspecified atom stereocenters. The summed E-state index contributed by atoms with van der Waals surface area (Å²) >= 11 is 0. The van der Waals surface area contributed by atoms with Crippen LogP contribution in [-0.4, -0.2) is 20.3 Å². The Labute approximate surface area is 107 Å². The van der Waals surface area contributed by atoms with Crippen LogP contribution in [0.3, 0.4) is 0 Å². The van der Waals surface area contributed by atoms with Crippen molar-refractivity contribution in [1.82, 2.24) is 0 Å². The number of benzene rings is 2. The van der Waals surface area contributed by atoms with Gasteiger partial charge in [-0.15, -0.1) is 0 Å². The highest BCUT2D eigenvalue weighted by molar-refractivity contribution is 5.73. The van der Waals surface area contributed by atoms with Gasteiger partial charge in [0.2, 0.25) is 0 Å². The quantitative estimate of drug-likeness (QED) is 0.837. The largest absolute Gasteiger partial charge is 0.486 e. The van der Waals surface area contributed by atoms with Crippen molar-refractivity contribution in [1.29, 1.82) is 0 Å². The molecule has 2 N–H and O–H groups in total. The maximum atomic E-state index is 5.68. The molecule has 0 amide bonds. The Kier molecular flexibility index (Phi) is 4.20. The zero-order chi connectivity index (χ0) is 12.8. The molecule has 1 heterocycles. The summed E-state index contributed by atoms with van der Waals surface area (Å²) in [6.07, 6.45) is 0. The minimum atomic E-state index is 0.622. The second-order valence-electron chi connectivity index (χ2n) is 3.70. The van der Waals surface area contributed by atoms with Gasteiger partial charge in [0.15, 0.2) is 11.5 Å². The monoisotopic (exact) mass is 243 g/mol. The van der Waals surface area contributed by atoms with Gasteiger partial charge in [-0.2, -0.15) is 0 Å². The number of fused-ring (bicyclic) bond motifs is 1. The Morgan fingerprint density at radius 1 is 0.833 bits per heavy atom. The van der Waals surface area contributed by atoms with Gasteiger partial charge in [-0.25, -0.2) is 0 Å². The first kappa shape index (κ1) is 12.5. The SMILES string of the molecule is CN.c1ccc(-c2cccc3c2OCCO3)cc1. The lowest BCUT2D eigenvalue weighted by Gasteiger charge is -2.20. The Morgan fingerprint density at radius 2 is 1.56 bits per heavy atom. The van der Waals surface area contributed by atoms with E-state index in [1.807, 2.05) is 30.3 Å². The van der Waals surface area contributed by atoms with E-state index in [0.29, 0.717) is 13.2 Å². The van der Waals surface area contributed by atoms with Crippen molar-refractivity contribution in [2.75, 3.05) is 20.3 Å². The molecular formula is C15H17NO2. The average Bonchev–Trinajstić information content (AvgIpc) is 2.50. The molecule has 3 rings (SSSR count). The predicted molar refractivity (Wildman–Crippen MR) is 73.0 cm³/mol. The van der Waals surface area contributed by atoms with Crippen molar-refractivity contribution in [2.45, 2.75) is 0 Å². The molecule has 0 aliphatic carbocycles. The van der Waals surface area contributed by atoms with Crippen LogP contribution >= 0.6 is 0 Å². The van der Waals surface area contributed by atoms with Gasteiger partial charge in [0, 0.05) is 5.56 Å². The molecule has 3 heteroatoms. The van der Waals surface area contributed by atoms with Crippen LogP contribution in [0.1, 0.15) is 0 Å². The summed E-state index contributed by atoms with van der Waals surface area (Å²) in [4.78, 5) is 0. The molecule has 18 heavy (non-hydrogen) atoms. The molecule has 2 aromatic carbocycles. The number of hydrogen-bond acceptors (Lipinski definition) is 3. The standard InChI is InChI=1S/C14H12O2.CH5N/c1-2-5-11(6-3-1)12-7-4-8-13-14(12)16-10-9-15-13;1-2/h1-8H,9-10H2;2H2,1H3. The summed E-state index contributed by atoms with van der Waals surface area (Å²) in [5.41, 5.74) is 6.75. The van der Waals surface area contributed by atoms with Gasteiger partial charge in [-0.05, 0) is 18.7 Å². The highest BCUT2D eigenvalue weighted by Crippen LogP contribution is 2.39. The van der Waals surface area contributed by atoms with E-state index in [2.05, 4.69) is 23.9 Å². The highest BCUT2D eigenvalue weighted by atomic mass is 16.6. The van der Waals surface area contributed by atoms with Gasteiger partial charge in [-0.3, -0.25) is 0 Å². The molecule has 3 nitrogen and oxygen atoms in total. The summed E-state index contributed by atoms with van der Waals surface area (Å²) in [7, 11) is 1.50. The molecule has 0 saturated heterocycles. The maximum Gasteiger partial charge on any atom is 0.169 e. The summed E-state index contributed by atoms with van der Waals surface area (Å²) in [5, 5.41) is 0. The number of ether oxygens (including phenoxy) is 2. The zero-order valence-electron chi connectivity index (χ0n) is 10.4. The van der Waals surface area contributed by atoms with Crippen LogP contribution < -0.4 is 15.2 Å². The smallest absolute Gasteiger partial charge is 0.169 e. The van der Waals surface area contributed by atoms with E-state index in [1.165, 1.54) is 7.05 Å². The van der Waals surface area contributed by atoms with Gasteiger partial charge in [0.05, 0.1) is 0 Å². The molecule has 0 aromatic heterocycles. The topological polar surface area (TPSA) is 44.5 Å². The maximum absolute atomic E-state index is 5.68. The van der Waals surface area contributed by atoms with Crippen LogP contribution in [0, 0.1) is 0 Å². The summed E-state index contributed by atoms with van der Waals surface area (Å²) < 4.78 is 11.2. The van der Waals surface area contributed by atoms with Crippen LogP contribution in [0.2, 0.25) is 0 Å². The molecule has 1 aliphatic rings. The molecule has 0 saturated carbocycles. The first-order valence-electron chi connectivity index (χ1n) is 5.97. The Balaban J connectivity index is 0.000000574. The molecule has 0 atom stereocenters. The van der Waals surface area contributed by atoms with Crippen molar-refractivity contribution in [2.24, 2.45) is 5.73 Å². The molecular weight excluding hydrogens is 226 g/mol. The van der Waals surface area contributed by atoms with Crippen LogP contribution in [-0.2, 0) is 0 Å². The molecule has 0 bridgehead atoms. The fraction of sp³-hybridized carbons (Fsp3) is 0.200. The van der Waals surface area contributed by atoms with E-state index in [9.17, 15) is 0 Å². The molecule has 94 valence electrons. The Bertz CT molecular complexity index is 497. The number of hydrogen-bond donors (Lipinski definition) is 1. The van der Waals surface area contributed by atoms with E-state index in [-0.39, 0.29) is 0 Å². The summed E-state index contributed by atoms with van der Waals surface area (Å²) in [6.45, 7) is 1.25. The lowest BCUT2D eigenvalue weighted by molar-refractivity contribution is 0.172. The van der Waals surface area contributed by atoms with Crippen LogP contribution in [0.25, 0.3) is 11.1 Å². The van der Waals surface area contributed by atoms with Gasteiger partial charge < -0.3 is 15.2 Å². The van der Waals surface area contributed by atoms with Gasteiger partial charge >= 0.3 is 0 Å². The Morgan fingerprint density at radius 3 is 2.33 bits per heavy atom. The van der Waals surface area contributed by atoms with E-state index in [0.717, 1.165) is 22.6 Å². The van der Waals surface area contributed by atoms with E-state index in [1.54, 1.807) is 0 Å². The predicted octanol–water partition coefficient (Wildman–Crippen LogP) is 2.70. The lowest BCUT2D eigenvalue weighted by atomic mass is 10.0. The lowest BCUT2D eigenvalue weighted by Crippen LogP contribution is -2.15. The van der Waals surface area contributed by atoms with E-state index in [4.69, 9.17) is 9.47 Å². The first-order valence-corrected chi connectivity index (χ1v) is 5.97. The Hall–Kier alpha value is -2.00. The van der Waals surface area contributed by atoms with Crippen molar-refractivity contribution in [3.63, 3.8) is 0 Å². The van der Waals surface area contributed by atoms with Gasteiger partial charge in [0.1, 0.15) is 13.2 Å². The fourth-order valence-electron chi connectivity index (χ4n) is 1.92. The average molecular weight is 243 g/mol. The van der Waals surface area contributed by atoms with Gasteiger partial charge in [-0.1, -0.05) is 42.5 Å². The normalized spacial score (nSPS) is 12.3. The first-order chi connectivity index (χ1) is 8.95. The van der Waals surface area contributed by atoms with Crippen LogP contribution in [0.15, 0.2) is 48.5 Å². The van der Waals surface area contributed by atoms with E-state index >= 15 is 0 Å². The number of rotatable bonds is 1. The third kappa shape index (κ3) is 2.46. The van der Waals surface area contributed by atoms with Crippen LogP contribution in [0.5, 0.6) is 11.5 Å². The second-order valence-corrected chi connectivity index (χ2v) is 3.70. The van der Waals surface area contributed by atoms with Crippen molar-refractivity contribution < 1.29 is 9.47 Å². The molecule has 0 fully saturated rings. The van der Waals surface area contributed by atoms with Crippen molar-refractivity contribution in [3.8, 4) is 22.6 Å². The molecule has 0 spiro atoms. The third-order valence-electron chi connectivity index (χ3n) is 2.65. The summed E-state index contributed by atoms with van der Waals surface area (Å²) in [5.74, 6) is 1.70. The minimum absolute atomic E-state index is 0.622. The van der Waals surface area contributed by atoms with Crippen molar-refractivity contribution in [3.05, 3.63) is 48.5 Å². The third-order valence-corrected chi connectivity index (χ3v) is 2.65. The molecule has 1 aliphatic heterocycles. The molecule has 0 radical (unpaired) electrons.